The number of carboxylic acids is 1. The summed E-state index contributed by atoms with van der Waals surface area (Å²) in [6.07, 6.45) is 0. The number of hydrogen-bond acceptors (Lipinski definition) is 3. The zero-order chi connectivity index (χ0) is 9.90. The summed E-state index contributed by atoms with van der Waals surface area (Å²) in [6.45, 7) is 0.434. The van der Waals surface area contributed by atoms with E-state index in [0.29, 0.717) is 13.1 Å². The summed E-state index contributed by atoms with van der Waals surface area (Å²) >= 11 is 1.70. The van der Waals surface area contributed by atoms with Crippen LogP contribution in [0, 0.1) is 0 Å². The van der Waals surface area contributed by atoms with Gasteiger partial charge in [0.1, 0.15) is 0 Å². The number of halogens is 2. The minimum atomic E-state index is -3.61. The molecule has 1 saturated heterocycles. The predicted octanol–water partition coefficient (Wildman–Crippen LogP) is 0.755. The lowest BCUT2D eigenvalue weighted by Gasteiger charge is -2.28. The third-order valence-corrected chi connectivity index (χ3v) is 2.78. The Morgan fingerprint density at radius 3 is 2.46 bits per heavy atom. The van der Waals surface area contributed by atoms with Gasteiger partial charge in [-0.25, -0.2) is 4.79 Å². The van der Waals surface area contributed by atoms with Crippen LogP contribution in [0.5, 0.6) is 0 Å². The largest absolute Gasteiger partial charge is 0.477 e. The van der Waals surface area contributed by atoms with Crippen LogP contribution < -0.4 is 0 Å². The van der Waals surface area contributed by atoms with E-state index in [1.165, 1.54) is 4.90 Å². The number of hydrogen-bond donors (Lipinski definition) is 1. The van der Waals surface area contributed by atoms with Gasteiger partial charge in [-0.3, -0.25) is 4.90 Å². The molecule has 6 heteroatoms. The SMILES string of the molecule is O=C(O)C(F)(F)CN1CCSCC1. The van der Waals surface area contributed by atoms with Crippen molar-refractivity contribution < 1.29 is 18.7 Å². The van der Waals surface area contributed by atoms with Gasteiger partial charge >= 0.3 is 11.9 Å². The summed E-state index contributed by atoms with van der Waals surface area (Å²) in [7, 11) is 0. The molecule has 0 aromatic rings. The summed E-state index contributed by atoms with van der Waals surface area (Å²) in [5, 5.41) is 8.19. The van der Waals surface area contributed by atoms with Gasteiger partial charge in [-0.05, 0) is 0 Å². The van der Waals surface area contributed by atoms with Gasteiger partial charge in [-0.15, -0.1) is 0 Å². The first kappa shape index (κ1) is 10.7. The van der Waals surface area contributed by atoms with Crippen molar-refractivity contribution in [1.82, 2.24) is 4.90 Å². The molecule has 1 aliphatic heterocycles. The fourth-order valence-electron chi connectivity index (χ4n) is 1.11. The van der Waals surface area contributed by atoms with Gasteiger partial charge in [-0.1, -0.05) is 0 Å². The van der Waals surface area contributed by atoms with Crippen LogP contribution >= 0.6 is 11.8 Å². The Morgan fingerprint density at radius 1 is 1.46 bits per heavy atom. The Kier molecular flexibility index (Phi) is 3.49. The van der Waals surface area contributed by atoms with Crippen molar-refractivity contribution in [2.45, 2.75) is 5.92 Å². The van der Waals surface area contributed by atoms with Crippen molar-refractivity contribution in [2.75, 3.05) is 31.1 Å². The second kappa shape index (κ2) is 4.23. The molecule has 1 rings (SSSR count). The van der Waals surface area contributed by atoms with Gasteiger partial charge in [0.2, 0.25) is 0 Å². The molecule has 76 valence electrons. The molecule has 0 atom stereocenters. The third-order valence-electron chi connectivity index (χ3n) is 1.84. The summed E-state index contributed by atoms with van der Waals surface area (Å²) in [5.41, 5.74) is 0. The molecule has 0 spiro atoms. The number of aliphatic carboxylic acids is 1. The maximum atomic E-state index is 12.7. The molecule has 0 saturated carbocycles. The zero-order valence-corrected chi connectivity index (χ0v) is 7.82. The first-order chi connectivity index (χ1) is 6.02. The maximum absolute atomic E-state index is 12.7. The molecule has 0 unspecified atom stereocenters. The minimum absolute atomic E-state index is 0.549. The highest BCUT2D eigenvalue weighted by molar-refractivity contribution is 7.99. The normalized spacial score (nSPS) is 20.2. The van der Waals surface area contributed by atoms with Crippen LogP contribution in [0.4, 0.5) is 8.78 Å². The van der Waals surface area contributed by atoms with Crippen molar-refractivity contribution >= 4 is 17.7 Å². The Morgan fingerprint density at radius 2 is 2.00 bits per heavy atom. The molecule has 1 heterocycles. The summed E-state index contributed by atoms with van der Waals surface area (Å²) < 4.78 is 25.4. The maximum Gasteiger partial charge on any atom is 0.375 e. The lowest BCUT2D eigenvalue weighted by atomic mass is 10.3. The number of carbonyl (C=O) groups is 1. The molecule has 0 aromatic carbocycles. The van der Waals surface area contributed by atoms with Crippen molar-refractivity contribution in [3.8, 4) is 0 Å². The number of nitrogens with zero attached hydrogens (tertiary/aromatic N) is 1. The van der Waals surface area contributed by atoms with Gasteiger partial charge in [0.15, 0.2) is 0 Å². The standard InChI is InChI=1S/C7H11F2NO2S/c8-7(9,6(11)12)5-10-1-3-13-4-2-10/h1-5H2,(H,11,12). The first-order valence-electron chi connectivity index (χ1n) is 3.94. The van der Waals surface area contributed by atoms with E-state index < -0.39 is 18.4 Å². The van der Waals surface area contributed by atoms with Crippen molar-refractivity contribution in [3.05, 3.63) is 0 Å². The number of carboxylic acid groups (broad SMARTS) is 1. The molecule has 0 radical (unpaired) electrons. The second-order valence-corrected chi connectivity index (χ2v) is 4.12. The van der Waals surface area contributed by atoms with E-state index in [9.17, 15) is 13.6 Å². The van der Waals surface area contributed by atoms with Crippen LogP contribution in [0.1, 0.15) is 0 Å². The molecule has 1 N–H and O–H groups in total. The van der Waals surface area contributed by atoms with E-state index in [1.54, 1.807) is 11.8 Å². The van der Waals surface area contributed by atoms with Crippen LogP contribution in [0.15, 0.2) is 0 Å². The Hall–Kier alpha value is -0.360. The van der Waals surface area contributed by atoms with Gasteiger partial charge in [-0.2, -0.15) is 20.5 Å². The van der Waals surface area contributed by atoms with Gasteiger partial charge in [0.25, 0.3) is 0 Å². The molecule has 0 amide bonds. The van der Waals surface area contributed by atoms with Gasteiger partial charge in [0, 0.05) is 24.6 Å². The van der Waals surface area contributed by atoms with E-state index >= 15 is 0 Å². The average Bonchev–Trinajstić information content (AvgIpc) is 2.05. The van der Waals surface area contributed by atoms with Crippen LogP contribution in [-0.4, -0.2) is 53.0 Å². The number of alkyl halides is 2. The highest BCUT2D eigenvalue weighted by Gasteiger charge is 2.40. The molecule has 1 aliphatic rings. The monoisotopic (exact) mass is 211 g/mol. The summed E-state index contributed by atoms with van der Waals surface area (Å²) in [4.78, 5) is 11.6. The van der Waals surface area contributed by atoms with Gasteiger partial charge in [0.05, 0.1) is 6.54 Å². The third kappa shape index (κ3) is 3.11. The van der Waals surface area contributed by atoms with Crippen LogP contribution in [0.25, 0.3) is 0 Å². The van der Waals surface area contributed by atoms with E-state index in [4.69, 9.17) is 5.11 Å². The lowest BCUT2D eigenvalue weighted by molar-refractivity contribution is -0.167. The molecule has 0 aliphatic carbocycles. The van der Waals surface area contributed by atoms with E-state index in [0.717, 1.165) is 11.5 Å². The molecule has 3 nitrogen and oxygen atoms in total. The predicted molar refractivity (Wildman–Crippen MR) is 46.3 cm³/mol. The minimum Gasteiger partial charge on any atom is -0.477 e. The first-order valence-corrected chi connectivity index (χ1v) is 5.09. The molecule has 1 fully saturated rings. The smallest absolute Gasteiger partial charge is 0.375 e. The van der Waals surface area contributed by atoms with E-state index in [1.807, 2.05) is 0 Å². The zero-order valence-electron chi connectivity index (χ0n) is 7.00. The average molecular weight is 211 g/mol. The molecular weight excluding hydrogens is 200 g/mol. The highest BCUT2D eigenvalue weighted by atomic mass is 32.2. The van der Waals surface area contributed by atoms with Crippen LogP contribution in [0.2, 0.25) is 0 Å². The highest BCUT2D eigenvalue weighted by Crippen LogP contribution is 2.18. The Bertz CT molecular complexity index is 195. The van der Waals surface area contributed by atoms with Crippen molar-refractivity contribution in [1.29, 1.82) is 0 Å². The molecule has 13 heavy (non-hydrogen) atoms. The van der Waals surface area contributed by atoms with E-state index in [2.05, 4.69) is 0 Å². The molecular formula is C7H11F2NO2S. The van der Waals surface area contributed by atoms with Gasteiger partial charge < -0.3 is 5.11 Å². The fraction of sp³-hybridized carbons (Fsp3) is 0.857. The number of rotatable bonds is 3. The van der Waals surface area contributed by atoms with Crippen LogP contribution in [-0.2, 0) is 4.79 Å². The topological polar surface area (TPSA) is 40.5 Å². The molecule has 0 bridgehead atoms. The Labute approximate surface area is 79.1 Å². The summed E-state index contributed by atoms with van der Waals surface area (Å²) in [5.74, 6) is -4.04. The fourth-order valence-corrected chi connectivity index (χ4v) is 2.09. The van der Waals surface area contributed by atoms with Crippen LogP contribution in [0.3, 0.4) is 0 Å². The Balaban J connectivity index is 2.41. The van der Waals surface area contributed by atoms with E-state index in [-0.39, 0.29) is 0 Å². The quantitative estimate of drug-likeness (QED) is 0.748. The number of thioether (sulfide) groups is 1. The summed E-state index contributed by atoms with van der Waals surface area (Å²) in [6, 6.07) is 0. The van der Waals surface area contributed by atoms with Crippen molar-refractivity contribution in [2.24, 2.45) is 0 Å². The molecule has 0 aromatic heterocycles. The second-order valence-electron chi connectivity index (χ2n) is 2.90. The lowest BCUT2D eigenvalue weighted by Crippen LogP contribution is -2.45. The van der Waals surface area contributed by atoms with Crippen molar-refractivity contribution in [3.63, 3.8) is 0 Å².